The van der Waals surface area contributed by atoms with Crippen LogP contribution < -0.4 is 10.5 Å². The second kappa shape index (κ2) is 4.81. The van der Waals surface area contributed by atoms with Gasteiger partial charge in [0.15, 0.2) is 10.7 Å². The van der Waals surface area contributed by atoms with Crippen molar-refractivity contribution < 1.29 is 13.3 Å². The molecule has 0 aliphatic rings. The zero-order valence-corrected chi connectivity index (χ0v) is 11.2. The zero-order valence-electron chi connectivity index (χ0n) is 10.3. The lowest BCUT2D eigenvalue weighted by molar-refractivity contribution is -0.387. The fourth-order valence-corrected chi connectivity index (χ4v) is 2.76. The summed E-state index contributed by atoms with van der Waals surface area (Å²) in [6.45, 7) is 0. The average molecular weight is 297 g/mol. The molecule has 2 aromatic rings. The predicted octanol–water partition coefficient (Wildman–Crippen LogP) is 0.711. The third-order valence-corrected chi connectivity index (χ3v) is 3.81. The molecule has 1 heterocycles. The van der Waals surface area contributed by atoms with E-state index < -0.39 is 25.5 Å². The van der Waals surface area contributed by atoms with E-state index in [2.05, 4.69) is 9.82 Å². The molecule has 3 N–H and O–H groups in total. The molecular formula is C10H11N5O4S. The molecule has 1 aromatic heterocycles. The van der Waals surface area contributed by atoms with Crippen LogP contribution in [0.4, 0.5) is 17.2 Å². The number of hydrogen-bond acceptors (Lipinski definition) is 6. The molecule has 10 heteroatoms. The Kier molecular flexibility index (Phi) is 3.32. The molecule has 0 aliphatic carbocycles. The zero-order chi connectivity index (χ0) is 14.9. The molecule has 0 atom stereocenters. The first-order valence-corrected chi connectivity index (χ1v) is 6.84. The van der Waals surface area contributed by atoms with Gasteiger partial charge in [-0.25, -0.2) is 8.42 Å². The number of rotatable bonds is 4. The van der Waals surface area contributed by atoms with Gasteiger partial charge >= 0.3 is 0 Å². The molecule has 0 fully saturated rings. The van der Waals surface area contributed by atoms with E-state index in [1.54, 1.807) is 7.05 Å². The van der Waals surface area contributed by atoms with Crippen LogP contribution in [-0.2, 0) is 17.1 Å². The summed E-state index contributed by atoms with van der Waals surface area (Å²) in [5.41, 5.74) is 5.04. The Balaban J connectivity index is 2.48. The number of nitrogens with two attached hydrogens (primary N) is 1. The number of nitrogens with zero attached hydrogens (tertiary/aromatic N) is 3. The minimum Gasteiger partial charge on any atom is -0.399 e. The summed E-state index contributed by atoms with van der Waals surface area (Å²) in [7, 11) is -2.53. The number of sulfonamides is 1. The SMILES string of the molecule is Cn1ccc(NS(=O)(=O)c2cc(N)ccc2[N+](=O)[O-])n1. The van der Waals surface area contributed by atoms with Gasteiger partial charge in [0.05, 0.1) is 4.92 Å². The first kappa shape index (κ1) is 13.8. The van der Waals surface area contributed by atoms with E-state index in [0.29, 0.717) is 0 Å². The first-order valence-electron chi connectivity index (χ1n) is 5.36. The molecule has 1 aromatic carbocycles. The number of nitrogen functional groups attached to an aromatic ring is 1. The first-order chi connectivity index (χ1) is 9.29. The van der Waals surface area contributed by atoms with Crippen molar-refractivity contribution in [3.8, 4) is 0 Å². The molecule has 9 nitrogen and oxygen atoms in total. The molecular weight excluding hydrogens is 286 g/mol. The normalized spacial score (nSPS) is 11.2. The van der Waals surface area contributed by atoms with Gasteiger partial charge in [-0.2, -0.15) is 5.10 Å². The van der Waals surface area contributed by atoms with Crippen molar-refractivity contribution in [2.45, 2.75) is 4.90 Å². The molecule has 106 valence electrons. The summed E-state index contributed by atoms with van der Waals surface area (Å²) in [6.07, 6.45) is 1.53. The molecule has 0 spiro atoms. The Hall–Kier alpha value is -2.62. The van der Waals surface area contributed by atoms with Crippen LogP contribution >= 0.6 is 0 Å². The summed E-state index contributed by atoms with van der Waals surface area (Å²) < 4.78 is 27.9. The molecule has 20 heavy (non-hydrogen) atoms. The maximum absolute atomic E-state index is 12.2. The molecule has 0 unspecified atom stereocenters. The van der Waals surface area contributed by atoms with Gasteiger partial charge in [-0.3, -0.25) is 19.5 Å². The second-order valence-electron chi connectivity index (χ2n) is 3.96. The standard InChI is InChI=1S/C10H11N5O4S/c1-14-5-4-10(12-14)13-20(18,19)9-6-7(11)2-3-8(9)15(16)17/h2-6H,11H2,1H3,(H,12,13). The number of aromatic nitrogens is 2. The van der Waals surface area contributed by atoms with Crippen LogP contribution in [0.3, 0.4) is 0 Å². The van der Waals surface area contributed by atoms with Crippen LogP contribution in [-0.4, -0.2) is 23.1 Å². The smallest absolute Gasteiger partial charge is 0.290 e. The summed E-state index contributed by atoms with van der Waals surface area (Å²) in [6, 6.07) is 4.76. The maximum Gasteiger partial charge on any atom is 0.290 e. The van der Waals surface area contributed by atoms with Crippen molar-refractivity contribution in [2.75, 3.05) is 10.5 Å². The molecule has 0 saturated heterocycles. The minimum absolute atomic E-state index is 0.0595. The highest BCUT2D eigenvalue weighted by Gasteiger charge is 2.26. The van der Waals surface area contributed by atoms with Gasteiger partial charge in [0.2, 0.25) is 0 Å². The van der Waals surface area contributed by atoms with Gasteiger partial charge < -0.3 is 5.73 Å². The Morgan fingerprint density at radius 2 is 2.10 bits per heavy atom. The van der Waals surface area contributed by atoms with Crippen LogP contribution in [0.5, 0.6) is 0 Å². The molecule has 0 saturated carbocycles. The number of nitro benzene ring substituents is 1. The van der Waals surface area contributed by atoms with Crippen molar-refractivity contribution in [1.29, 1.82) is 0 Å². The topological polar surface area (TPSA) is 133 Å². The molecule has 0 aliphatic heterocycles. The Morgan fingerprint density at radius 3 is 2.65 bits per heavy atom. The quantitative estimate of drug-likeness (QED) is 0.485. The maximum atomic E-state index is 12.2. The van der Waals surface area contributed by atoms with Crippen LogP contribution in [0.1, 0.15) is 0 Å². The number of anilines is 2. The highest BCUT2D eigenvalue weighted by molar-refractivity contribution is 7.92. The van der Waals surface area contributed by atoms with E-state index >= 15 is 0 Å². The van der Waals surface area contributed by atoms with Crippen LogP contribution in [0.15, 0.2) is 35.4 Å². The van der Waals surface area contributed by atoms with E-state index in [9.17, 15) is 18.5 Å². The lowest BCUT2D eigenvalue weighted by atomic mass is 10.3. The Bertz CT molecular complexity index is 768. The third kappa shape index (κ3) is 2.69. The summed E-state index contributed by atoms with van der Waals surface area (Å²) >= 11 is 0. The lowest BCUT2D eigenvalue weighted by Gasteiger charge is -2.06. The van der Waals surface area contributed by atoms with Gasteiger partial charge in [0.1, 0.15) is 0 Å². The van der Waals surface area contributed by atoms with Crippen LogP contribution in [0.2, 0.25) is 0 Å². The number of benzene rings is 1. The van der Waals surface area contributed by atoms with Crippen molar-refractivity contribution in [3.05, 3.63) is 40.6 Å². The lowest BCUT2D eigenvalue weighted by Crippen LogP contribution is -2.15. The highest BCUT2D eigenvalue weighted by atomic mass is 32.2. The number of nitro groups is 1. The van der Waals surface area contributed by atoms with E-state index in [1.165, 1.54) is 23.0 Å². The van der Waals surface area contributed by atoms with Crippen molar-refractivity contribution in [3.63, 3.8) is 0 Å². The van der Waals surface area contributed by atoms with Gasteiger partial charge in [0, 0.05) is 31.1 Å². The van der Waals surface area contributed by atoms with E-state index in [1.807, 2.05) is 0 Å². The fourth-order valence-electron chi connectivity index (χ4n) is 1.56. The Morgan fingerprint density at radius 1 is 1.40 bits per heavy atom. The molecule has 0 amide bonds. The minimum atomic E-state index is -4.15. The summed E-state index contributed by atoms with van der Waals surface area (Å²) in [5, 5.41) is 14.7. The van der Waals surface area contributed by atoms with Gasteiger partial charge in [0.25, 0.3) is 15.7 Å². The van der Waals surface area contributed by atoms with Crippen molar-refractivity contribution in [1.82, 2.24) is 9.78 Å². The van der Waals surface area contributed by atoms with Crippen molar-refractivity contribution in [2.24, 2.45) is 7.05 Å². The third-order valence-electron chi connectivity index (χ3n) is 2.42. The molecule has 0 bridgehead atoms. The van der Waals surface area contributed by atoms with Crippen LogP contribution in [0.25, 0.3) is 0 Å². The second-order valence-corrected chi connectivity index (χ2v) is 5.62. The Labute approximate surface area is 114 Å². The van der Waals surface area contributed by atoms with Gasteiger partial charge in [-0.15, -0.1) is 0 Å². The largest absolute Gasteiger partial charge is 0.399 e. The van der Waals surface area contributed by atoms with Gasteiger partial charge in [-0.1, -0.05) is 0 Å². The number of aryl methyl sites for hydroxylation is 1. The summed E-state index contributed by atoms with van der Waals surface area (Å²) in [5.74, 6) is 0.0595. The van der Waals surface area contributed by atoms with E-state index in [0.717, 1.165) is 12.1 Å². The average Bonchev–Trinajstić information content (AvgIpc) is 2.73. The predicted molar refractivity (Wildman–Crippen MR) is 71.5 cm³/mol. The fraction of sp³-hybridized carbons (Fsp3) is 0.100. The van der Waals surface area contributed by atoms with E-state index in [-0.39, 0.29) is 11.5 Å². The number of hydrogen-bond donors (Lipinski definition) is 2. The van der Waals surface area contributed by atoms with Crippen LogP contribution in [0, 0.1) is 10.1 Å². The van der Waals surface area contributed by atoms with Crippen molar-refractivity contribution >= 4 is 27.2 Å². The number of nitrogens with one attached hydrogen (secondary N) is 1. The van der Waals surface area contributed by atoms with E-state index in [4.69, 9.17) is 5.73 Å². The monoisotopic (exact) mass is 297 g/mol. The summed E-state index contributed by atoms with van der Waals surface area (Å²) in [4.78, 5) is 9.60. The molecule has 2 rings (SSSR count). The molecule has 0 radical (unpaired) electrons. The highest BCUT2D eigenvalue weighted by Crippen LogP contribution is 2.27. The van der Waals surface area contributed by atoms with Gasteiger partial charge in [-0.05, 0) is 12.1 Å².